The average molecular weight is 313 g/mol. The number of anilines is 1. The van der Waals surface area contributed by atoms with Gasteiger partial charge in [0.15, 0.2) is 0 Å². The molecule has 88 valence electrons. The first-order valence-corrected chi connectivity index (χ1v) is 6.24. The molecule has 4 heteroatoms. The molecule has 0 aromatic heterocycles. The molecular formula is C13H11BrClNO. The summed E-state index contributed by atoms with van der Waals surface area (Å²) in [4.78, 5) is 0. The van der Waals surface area contributed by atoms with Gasteiger partial charge in [0.25, 0.3) is 0 Å². The van der Waals surface area contributed by atoms with E-state index in [4.69, 9.17) is 22.1 Å². The average Bonchev–Trinajstić information content (AvgIpc) is 2.30. The van der Waals surface area contributed by atoms with Crippen molar-refractivity contribution in [2.24, 2.45) is 0 Å². The van der Waals surface area contributed by atoms with Gasteiger partial charge < -0.3 is 10.5 Å². The van der Waals surface area contributed by atoms with Crippen molar-refractivity contribution in [3.63, 3.8) is 0 Å². The van der Waals surface area contributed by atoms with Crippen LogP contribution in [0, 0.1) is 0 Å². The fraction of sp³-hybridized carbons (Fsp3) is 0.0769. The second-order valence-corrected chi connectivity index (χ2v) is 4.92. The lowest BCUT2D eigenvalue weighted by atomic mass is 10.2. The smallest absolute Gasteiger partial charge is 0.120 e. The Morgan fingerprint density at radius 1 is 1.18 bits per heavy atom. The van der Waals surface area contributed by atoms with E-state index in [1.165, 1.54) is 0 Å². The van der Waals surface area contributed by atoms with Gasteiger partial charge in [-0.05, 0) is 36.4 Å². The van der Waals surface area contributed by atoms with E-state index in [9.17, 15) is 0 Å². The van der Waals surface area contributed by atoms with Gasteiger partial charge in [-0.2, -0.15) is 0 Å². The molecule has 0 aliphatic carbocycles. The molecule has 2 N–H and O–H groups in total. The molecule has 0 bridgehead atoms. The van der Waals surface area contributed by atoms with Crippen molar-refractivity contribution in [1.29, 1.82) is 0 Å². The Labute approximate surface area is 113 Å². The first-order chi connectivity index (χ1) is 8.15. The Balaban J connectivity index is 2.09. The van der Waals surface area contributed by atoms with Crippen molar-refractivity contribution in [2.75, 3.05) is 5.73 Å². The number of halogens is 2. The van der Waals surface area contributed by atoms with E-state index in [1.54, 1.807) is 12.1 Å². The van der Waals surface area contributed by atoms with Crippen LogP contribution in [0.4, 0.5) is 5.69 Å². The summed E-state index contributed by atoms with van der Waals surface area (Å²) in [6.07, 6.45) is 0. The summed E-state index contributed by atoms with van der Waals surface area (Å²) in [7, 11) is 0. The molecule has 2 rings (SSSR count). The van der Waals surface area contributed by atoms with Crippen LogP contribution in [0.3, 0.4) is 0 Å². The van der Waals surface area contributed by atoms with Crippen molar-refractivity contribution >= 4 is 33.2 Å². The number of benzene rings is 2. The molecule has 0 saturated carbocycles. The highest BCUT2D eigenvalue weighted by molar-refractivity contribution is 9.10. The highest BCUT2D eigenvalue weighted by Crippen LogP contribution is 2.22. The number of hydrogen-bond acceptors (Lipinski definition) is 2. The molecule has 0 unspecified atom stereocenters. The summed E-state index contributed by atoms with van der Waals surface area (Å²) < 4.78 is 6.62. The Bertz CT molecular complexity index is 531. The zero-order valence-electron chi connectivity index (χ0n) is 8.99. The molecule has 0 fully saturated rings. The predicted octanol–water partition coefficient (Wildman–Crippen LogP) is 4.26. The first kappa shape index (κ1) is 12.3. The molecule has 0 radical (unpaired) electrons. The fourth-order valence-electron chi connectivity index (χ4n) is 1.42. The van der Waals surface area contributed by atoms with Gasteiger partial charge in [0.2, 0.25) is 0 Å². The zero-order chi connectivity index (χ0) is 12.3. The topological polar surface area (TPSA) is 35.2 Å². The SMILES string of the molecule is Nc1ccc(Cl)c(COc2cccc(Br)c2)c1. The molecule has 0 amide bonds. The number of nitrogen functional groups attached to an aromatic ring is 1. The third kappa shape index (κ3) is 3.38. The van der Waals surface area contributed by atoms with Crippen LogP contribution in [0.25, 0.3) is 0 Å². The van der Waals surface area contributed by atoms with Crippen LogP contribution in [0.5, 0.6) is 5.75 Å². The third-order valence-corrected chi connectivity index (χ3v) is 3.12. The van der Waals surface area contributed by atoms with E-state index < -0.39 is 0 Å². The lowest BCUT2D eigenvalue weighted by Gasteiger charge is -2.08. The summed E-state index contributed by atoms with van der Waals surface area (Å²) in [5.74, 6) is 0.790. The molecule has 0 spiro atoms. The second kappa shape index (κ2) is 5.43. The minimum absolute atomic E-state index is 0.403. The Morgan fingerprint density at radius 3 is 2.76 bits per heavy atom. The van der Waals surface area contributed by atoms with Crippen LogP contribution in [0.2, 0.25) is 5.02 Å². The second-order valence-electron chi connectivity index (χ2n) is 3.60. The summed E-state index contributed by atoms with van der Waals surface area (Å²) >= 11 is 9.44. The van der Waals surface area contributed by atoms with Gasteiger partial charge in [-0.25, -0.2) is 0 Å². The molecule has 0 saturated heterocycles. The highest BCUT2D eigenvalue weighted by Gasteiger charge is 2.02. The van der Waals surface area contributed by atoms with Crippen LogP contribution >= 0.6 is 27.5 Å². The number of rotatable bonds is 3. The lowest BCUT2D eigenvalue weighted by molar-refractivity contribution is 0.306. The van der Waals surface area contributed by atoms with Crippen molar-refractivity contribution in [3.8, 4) is 5.75 Å². The number of ether oxygens (including phenoxy) is 1. The molecule has 2 nitrogen and oxygen atoms in total. The molecule has 0 heterocycles. The first-order valence-electron chi connectivity index (χ1n) is 5.07. The summed E-state index contributed by atoms with van der Waals surface area (Å²) in [6, 6.07) is 13.0. The molecule has 0 aliphatic heterocycles. The largest absolute Gasteiger partial charge is 0.489 e. The van der Waals surface area contributed by atoms with Gasteiger partial charge in [0, 0.05) is 20.7 Å². The van der Waals surface area contributed by atoms with Crippen LogP contribution in [0.15, 0.2) is 46.9 Å². The Kier molecular flexibility index (Phi) is 3.92. The van der Waals surface area contributed by atoms with E-state index in [-0.39, 0.29) is 0 Å². The van der Waals surface area contributed by atoms with Crippen LogP contribution < -0.4 is 10.5 Å². The van der Waals surface area contributed by atoms with Crippen LogP contribution in [0.1, 0.15) is 5.56 Å². The third-order valence-electron chi connectivity index (χ3n) is 2.26. The maximum Gasteiger partial charge on any atom is 0.120 e. The summed E-state index contributed by atoms with van der Waals surface area (Å²) in [6.45, 7) is 0.403. The maximum atomic E-state index is 6.05. The van der Waals surface area contributed by atoms with Crippen LogP contribution in [-0.2, 0) is 6.61 Å². The van der Waals surface area contributed by atoms with E-state index in [0.29, 0.717) is 17.3 Å². The summed E-state index contributed by atoms with van der Waals surface area (Å²) in [5.41, 5.74) is 7.26. The molecule has 17 heavy (non-hydrogen) atoms. The van der Waals surface area contributed by atoms with Gasteiger partial charge in [0.05, 0.1) is 0 Å². The number of nitrogens with two attached hydrogens (primary N) is 1. The van der Waals surface area contributed by atoms with Crippen LogP contribution in [-0.4, -0.2) is 0 Å². The van der Waals surface area contributed by atoms with Gasteiger partial charge in [0.1, 0.15) is 12.4 Å². The molecule has 2 aromatic rings. The van der Waals surface area contributed by atoms with Gasteiger partial charge in [-0.3, -0.25) is 0 Å². The van der Waals surface area contributed by atoms with Gasteiger partial charge in [-0.1, -0.05) is 33.6 Å². The minimum atomic E-state index is 0.403. The van der Waals surface area contributed by atoms with E-state index in [1.807, 2.05) is 30.3 Å². The van der Waals surface area contributed by atoms with E-state index in [0.717, 1.165) is 15.8 Å². The summed E-state index contributed by atoms with van der Waals surface area (Å²) in [5, 5.41) is 0.661. The van der Waals surface area contributed by atoms with Crippen molar-refractivity contribution in [1.82, 2.24) is 0 Å². The van der Waals surface area contributed by atoms with Gasteiger partial charge >= 0.3 is 0 Å². The predicted molar refractivity (Wildman–Crippen MR) is 74.3 cm³/mol. The van der Waals surface area contributed by atoms with Crippen molar-refractivity contribution in [2.45, 2.75) is 6.61 Å². The number of hydrogen-bond donors (Lipinski definition) is 1. The van der Waals surface area contributed by atoms with Crippen molar-refractivity contribution in [3.05, 3.63) is 57.5 Å². The Hall–Kier alpha value is -1.19. The maximum absolute atomic E-state index is 6.05. The zero-order valence-corrected chi connectivity index (χ0v) is 11.3. The van der Waals surface area contributed by atoms with E-state index in [2.05, 4.69) is 15.9 Å². The molecule has 0 atom stereocenters. The molecule has 0 aliphatic rings. The monoisotopic (exact) mass is 311 g/mol. The Morgan fingerprint density at radius 2 is 2.00 bits per heavy atom. The fourth-order valence-corrected chi connectivity index (χ4v) is 1.97. The van der Waals surface area contributed by atoms with Gasteiger partial charge in [-0.15, -0.1) is 0 Å². The van der Waals surface area contributed by atoms with Crippen molar-refractivity contribution < 1.29 is 4.74 Å². The standard InChI is InChI=1S/C13H11BrClNO/c14-10-2-1-3-12(7-10)17-8-9-6-11(16)4-5-13(9)15/h1-7H,8,16H2. The normalized spacial score (nSPS) is 10.2. The van der Waals surface area contributed by atoms with E-state index >= 15 is 0 Å². The molecule has 2 aromatic carbocycles. The quantitative estimate of drug-likeness (QED) is 0.859. The molecular weight excluding hydrogens is 302 g/mol. The highest BCUT2D eigenvalue weighted by atomic mass is 79.9. The minimum Gasteiger partial charge on any atom is -0.489 e. The lowest BCUT2D eigenvalue weighted by Crippen LogP contribution is -1.97.